The summed E-state index contributed by atoms with van der Waals surface area (Å²) >= 11 is 6.23. The van der Waals surface area contributed by atoms with Gasteiger partial charge in [-0.1, -0.05) is 11.6 Å². The predicted octanol–water partition coefficient (Wildman–Crippen LogP) is 2.57. The maximum Gasteiger partial charge on any atom is 0.340 e. The van der Waals surface area contributed by atoms with Crippen molar-refractivity contribution in [1.29, 1.82) is 0 Å². The molecule has 0 saturated heterocycles. The number of nitrogens with two attached hydrogens (primary N) is 1. The van der Waals surface area contributed by atoms with Crippen molar-refractivity contribution >= 4 is 28.9 Å². The van der Waals surface area contributed by atoms with Crippen LogP contribution < -0.4 is 10.6 Å². The molecule has 0 aromatic heterocycles. The number of carbonyl (C=O) groups excluding carboxylic acids is 1. The molecule has 0 aliphatic carbocycles. The van der Waals surface area contributed by atoms with Crippen molar-refractivity contribution in [3.63, 3.8) is 0 Å². The highest BCUT2D eigenvalue weighted by Crippen LogP contribution is 2.32. The molecule has 0 radical (unpaired) electrons. The molecule has 6 heteroatoms. The molecule has 0 unspecified atom stereocenters. The summed E-state index contributed by atoms with van der Waals surface area (Å²) in [6, 6.07) is 3.22. The Balaban J connectivity index is 3.05. The smallest absolute Gasteiger partial charge is 0.340 e. The van der Waals surface area contributed by atoms with Crippen LogP contribution in [0.3, 0.4) is 0 Å². The number of nitrogen functional groups attached to an aromatic ring is 1. The number of benzene rings is 1. The van der Waals surface area contributed by atoms with E-state index < -0.39 is 5.97 Å². The quantitative estimate of drug-likeness (QED) is 0.476. The Hall–Kier alpha value is -1.46. The number of carbonyl (C=O) groups is 1. The molecule has 1 rings (SSSR count). The lowest BCUT2D eigenvalue weighted by molar-refractivity contribution is 0.0527. The maximum atomic E-state index is 12.0. The lowest BCUT2D eigenvalue weighted by Gasteiger charge is -2.23. The van der Waals surface area contributed by atoms with Gasteiger partial charge in [-0.3, -0.25) is 0 Å². The summed E-state index contributed by atoms with van der Waals surface area (Å²) in [6.07, 6.45) is 0.829. The molecule has 0 fully saturated rings. The van der Waals surface area contributed by atoms with Crippen LogP contribution in [0, 0.1) is 0 Å². The maximum absolute atomic E-state index is 12.0. The van der Waals surface area contributed by atoms with Crippen LogP contribution >= 0.6 is 11.6 Å². The molecule has 0 aliphatic heterocycles. The van der Waals surface area contributed by atoms with Crippen molar-refractivity contribution in [2.75, 3.05) is 44.5 Å². The fourth-order valence-electron chi connectivity index (χ4n) is 1.93. The second-order valence-corrected chi connectivity index (χ2v) is 4.79. The van der Waals surface area contributed by atoms with Gasteiger partial charge in [0.25, 0.3) is 0 Å². The molecule has 1 aromatic rings. The Morgan fingerprint density at radius 3 is 2.75 bits per heavy atom. The van der Waals surface area contributed by atoms with Crippen LogP contribution in [0.25, 0.3) is 0 Å². The summed E-state index contributed by atoms with van der Waals surface area (Å²) in [5, 5.41) is 0.438. The van der Waals surface area contributed by atoms with Gasteiger partial charge in [-0.05, 0) is 25.5 Å². The fraction of sp³-hybridized carbons (Fsp3) is 0.500. The van der Waals surface area contributed by atoms with Gasteiger partial charge in [-0.15, -0.1) is 0 Å². The summed E-state index contributed by atoms with van der Waals surface area (Å²) in [7, 11) is 3.52. The van der Waals surface area contributed by atoms with E-state index in [-0.39, 0.29) is 0 Å². The summed E-state index contributed by atoms with van der Waals surface area (Å²) in [6.45, 7) is 3.42. The number of hydrogen-bond acceptors (Lipinski definition) is 5. The number of hydrogen-bond donors (Lipinski definition) is 1. The third-order valence-electron chi connectivity index (χ3n) is 2.80. The van der Waals surface area contributed by atoms with Crippen molar-refractivity contribution in [3.05, 3.63) is 22.7 Å². The zero-order valence-electron chi connectivity index (χ0n) is 12.1. The van der Waals surface area contributed by atoms with Crippen molar-refractivity contribution in [1.82, 2.24) is 0 Å². The molecule has 0 spiro atoms. The normalized spacial score (nSPS) is 10.4. The van der Waals surface area contributed by atoms with E-state index in [1.807, 2.05) is 11.9 Å². The number of halogens is 1. The van der Waals surface area contributed by atoms with E-state index >= 15 is 0 Å². The zero-order chi connectivity index (χ0) is 15.1. The molecular weight excluding hydrogens is 280 g/mol. The first kappa shape index (κ1) is 16.6. The molecular formula is C14H21ClN2O3. The van der Waals surface area contributed by atoms with Crippen LogP contribution in [0.4, 0.5) is 11.4 Å². The lowest BCUT2D eigenvalue weighted by Crippen LogP contribution is -2.23. The lowest BCUT2D eigenvalue weighted by atomic mass is 10.1. The highest BCUT2D eigenvalue weighted by molar-refractivity contribution is 6.34. The van der Waals surface area contributed by atoms with Crippen LogP contribution in [-0.4, -0.2) is 39.9 Å². The number of nitrogens with zero attached hydrogens (tertiary/aromatic N) is 1. The molecule has 112 valence electrons. The van der Waals surface area contributed by atoms with Crippen LogP contribution in [0.2, 0.25) is 5.02 Å². The first-order chi connectivity index (χ1) is 9.51. The van der Waals surface area contributed by atoms with Gasteiger partial charge >= 0.3 is 5.97 Å². The zero-order valence-corrected chi connectivity index (χ0v) is 12.9. The summed E-state index contributed by atoms with van der Waals surface area (Å²) in [5.41, 5.74) is 7.21. The minimum absolute atomic E-state index is 0.304. The van der Waals surface area contributed by atoms with E-state index in [0.717, 1.165) is 6.42 Å². The van der Waals surface area contributed by atoms with E-state index in [2.05, 4.69) is 0 Å². The van der Waals surface area contributed by atoms with Gasteiger partial charge in [0.2, 0.25) is 0 Å². The van der Waals surface area contributed by atoms with E-state index in [4.69, 9.17) is 26.8 Å². The third kappa shape index (κ3) is 4.28. The largest absolute Gasteiger partial charge is 0.462 e. The van der Waals surface area contributed by atoms with Gasteiger partial charge in [0, 0.05) is 33.0 Å². The number of methoxy groups -OCH3 is 1. The van der Waals surface area contributed by atoms with Gasteiger partial charge < -0.3 is 20.1 Å². The van der Waals surface area contributed by atoms with Crippen LogP contribution in [0.15, 0.2) is 12.1 Å². The highest BCUT2D eigenvalue weighted by Gasteiger charge is 2.19. The van der Waals surface area contributed by atoms with Gasteiger partial charge in [0.15, 0.2) is 0 Å². The second kappa shape index (κ2) is 7.97. The molecule has 20 heavy (non-hydrogen) atoms. The standard InChI is InChI=1S/C14H21ClN2O3/c1-4-20-14(18)11-8-10(16)9-12(15)13(11)17(2)6-5-7-19-3/h8-9H,4-7,16H2,1-3H3. The van der Waals surface area contributed by atoms with Crippen LogP contribution in [0.1, 0.15) is 23.7 Å². The van der Waals surface area contributed by atoms with Crippen LogP contribution in [0.5, 0.6) is 0 Å². The van der Waals surface area contributed by atoms with E-state index in [9.17, 15) is 4.79 Å². The number of esters is 1. The minimum Gasteiger partial charge on any atom is -0.462 e. The van der Waals surface area contributed by atoms with E-state index in [0.29, 0.717) is 41.7 Å². The average molecular weight is 301 g/mol. The number of ether oxygens (including phenoxy) is 2. The van der Waals surface area contributed by atoms with Gasteiger partial charge in [-0.2, -0.15) is 0 Å². The summed E-state index contributed by atoms with van der Waals surface area (Å²) in [5.74, 6) is -0.421. The monoisotopic (exact) mass is 300 g/mol. The van der Waals surface area contributed by atoms with Crippen molar-refractivity contribution in [3.8, 4) is 0 Å². The number of rotatable bonds is 7. The first-order valence-electron chi connectivity index (χ1n) is 6.47. The molecule has 5 nitrogen and oxygen atoms in total. The van der Waals surface area contributed by atoms with Crippen molar-refractivity contribution in [2.45, 2.75) is 13.3 Å². The van der Waals surface area contributed by atoms with Gasteiger partial charge in [0.1, 0.15) is 0 Å². The van der Waals surface area contributed by atoms with Crippen molar-refractivity contribution < 1.29 is 14.3 Å². The Labute approximate surface area is 124 Å². The Kier molecular flexibility index (Phi) is 6.61. The van der Waals surface area contributed by atoms with E-state index in [1.54, 1.807) is 26.2 Å². The first-order valence-corrected chi connectivity index (χ1v) is 6.85. The molecule has 0 saturated carbocycles. The average Bonchev–Trinajstić information content (AvgIpc) is 2.38. The van der Waals surface area contributed by atoms with Crippen LogP contribution in [-0.2, 0) is 9.47 Å². The Morgan fingerprint density at radius 2 is 2.15 bits per heavy atom. The molecule has 0 heterocycles. The topological polar surface area (TPSA) is 64.8 Å². The molecule has 2 N–H and O–H groups in total. The third-order valence-corrected chi connectivity index (χ3v) is 3.09. The molecule has 0 atom stereocenters. The SMILES string of the molecule is CCOC(=O)c1cc(N)cc(Cl)c1N(C)CCCOC. The minimum atomic E-state index is -0.421. The summed E-state index contributed by atoms with van der Waals surface area (Å²) in [4.78, 5) is 13.9. The summed E-state index contributed by atoms with van der Waals surface area (Å²) < 4.78 is 10.1. The second-order valence-electron chi connectivity index (χ2n) is 4.39. The fourth-order valence-corrected chi connectivity index (χ4v) is 2.30. The van der Waals surface area contributed by atoms with Gasteiger partial charge in [0.05, 0.1) is 22.9 Å². The molecule has 0 aliphatic rings. The Bertz CT molecular complexity index is 466. The Morgan fingerprint density at radius 1 is 1.45 bits per heavy atom. The predicted molar refractivity (Wildman–Crippen MR) is 81.6 cm³/mol. The molecule has 0 amide bonds. The molecule has 1 aromatic carbocycles. The van der Waals surface area contributed by atoms with Crippen molar-refractivity contribution in [2.24, 2.45) is 0 Å². The number of anilines is 2. The highest BCUT2D eigenvalue weighted by atomic mass is 35.5. The molecule has 0 bridgehead atoms. The van der Waals surface area contributed by atoms with E-state index in [1.165, 1.54) is 0 Å². The van der Waals surface area contributed by atoms with Gasteiger partial charge in [-0.25, -0.2) is 4.79 Å².